The van der Waals surface area contributed by atoms with E-state index >= 15 is 0 Å². The van der Waals surface area contributed by atoms with Gasteiger partial charge in [0.2, 0.25) is 0 Å². The Bertz CT molecular complexity index is 1640. The minimum absolute atomic E-state index is 0.859. The summed E-state index contributed by atoms with van der Waals surface area (Å²) in [5.41, 5.74) is 10.2. The quantitative estimate of drug-likeness (QED) is 0.143. The SMILES string of the molecule is C(=C\c1cc[n+](Cc2ccc(C[n+]3ccc(/C=C/c4ccc(N5CCCCC5)cc4)cc3)cc2)cc1)/c1ccc(N2CCCCC2)cc1. The van der Waals surface area contributed by atoms with Gasteiger partial charge in [-0.25, -0.2) is 9.13 Å². The van der Waals surface area contributed by atoms with Crippen molar-refractivity contribution in [2.24, 2.45) is 0 Å². The number of piperidine rings is 2. The third kappa shape index (κ3) is 8.68. The Morgan fingerprint density at radius 1 is 0.375 bits per heavy atom. The molecule has 0 amide bonds. The maximum Gasteiger partial charge on any atom is 0.173 e. The molecule has 0 aliphatic carbocycles. The molecule has 0 radical (unpaired) electrons. The fraction of sp³-hybridized carbons (Fsp3) is 0.273. The zero-order chi connectivity index (χ0) is 32.4. The molecule has 2 fully saturated rings. The van der Waals surface area contributed by atoms with E-state index in [0.29, 0.717) is 0 Å². The van der Waals surface area contributed by atoms with Crippen LogP contribution in [0.25, 0.3) is 24.3 Å². The van der Waals surface area contributed by atoms with Crippen LogP contribution < -0.4 is 18.9 Å². The van der Waals surface area contributed by atoms with Gasteiger partial charge in [-0.05, 0) is 85.0 Å². The first-order valence-corrected chi connectivity index (χ1v) is 17.9. The molecule has 4 heterocycles. The predicted molar refractivity (Wildman–Crippen MR) is 201 cm³/mol. The molecule has 0 saturated carbocycles. The molecule has 2 aliphatic heterocycles. The molecule has 2 aromatic heterocycles. The van der Waals surface area contributed by atoms with Crippen LogP contribution in [-0.2, 0) is 13.1 Å². The van der Waals surface area contributed by atoms with Gasteiger partial charge in [0.1, 0.15) is 0 Å². The van der Waals surface area contributed by atoms with Crippen LogP contribution in [0.3, 0.4) is 0 Å². The van der Waals surface area contributed by atoms with E-state index in [1.807, 2.05) is 0 Å². The zero-order valence-corrected chi connectivity index (χ0v) is 28.1. The second-order valence-electron chi connectivity index (χ2n) is 13.4. The Kier molecular flexibility index (Phi) is 10.4. The molecular weight excluding hydrogens is 585 g/mol. The molecule has 242 valence electrons. The second-order valence-corrected chi connectivity index (χ2v) is 13.4. The molecule has 5 aromatic rings. The van der Waals surface area contributed by atoms with Crippen LogP contribution >= 0.6 is 0 Å². The number of pyridine rings is 2. The van der Waals surface area contributed by atoms with Gasteiger partial charge in [0.15, 0.2) is 37.9 Å². The van der Waals surface area contributed by atoms with Gasteiger partial charge in [-0.2, -0.15) is 0 Å². The Morgan fingerprint density at radius 3 is 1.02 bits per heavy atom. The number of nitrogens with zero attached hydrogens (tertiary/aromatic N) is 4. The van der Waals surface area contributed by atoms with Gasteiger partial charge in [0, 0.05) is 72.9 Å². The number of hydrogen-bond acceptors (Lipinski definition) is 2. The summed E-state index contributed by atoms with van der Waals surface area (Å²) in [7, 11) is 0. The summed E-state index contributed by atoms with van der Waals surface area (Å²) in [5.74, 6) is 0. The standard InChI is InChI=1S/C44H48N4/c1-3-27-47(28-4-1)43-19-15-37(16-20-43)7-9-39-23-31-45(32-24-39)35-41-11-13-42(14-12-41)36-46-33-25-40(26-34-46)10-8-38-17-21-44(22-18-38)48-29-5-2-6-30-48/h7-26,31-34H,1-6,27-30,35-36H2/q+2. The molecule has 2 aliphatic rings. The summed E-state index contributed by atoms with van der Waals surface area (Å²) in [6, 6.07) is 35.7. The molecule has 4 nitrogen and oxygen atoms in total. The first kappa shape index (κ1) is 31.6. The van der Waals surface area contributed by atoms with Crippen LogP contribution in [0, 0.1) is 0 Å². The monoisotopic (exact) mass is 632 g/mol. The van der Waals surface area contributed by atoms with Crippen LogP contribution in [0.5, 0.6) is 0 Å². The van der Waals surface area contributed by atoms with Crippen molar-refractivity contribution in [3.05, 3.63) is 155 Å². The Morgan fingerprint density at radius 2 is 0.688 bits per heavy atom. The maximum absolute atomic E-state index is 2.51. The minimum Gasteiger partial charge on any atom is -0.372 e. The van der Waals surface area contributed by atoms with Crippen LogP contribution in [0.15, 0.2) is 122 Å². The van der Waals surface area contributed by atoms with Gasteiger partial charge in [-0.15, -0.1) is 0 Å². The average molecular weight is 633 g/mol. The molecule has 48 heavy (non-hydrogen) atoms. The van der Waals surface area contributed by atoms with Crippen LogP contribution in [-0.4, -0.2) is 26.2 Å². The molecule has 2 saturated heterocycles. The lowest BCUT2D eigenvalue weighted by atomic mass is 10.1. The van der Waals surface area contributed by atoms with Gasteiger partial charge < -0.3 is 9.80 Å². The highest BCUT2D eigenvalue weighted by Crippen LogP contribution is 2.22. The summed E-state index contributed by atoms with van der Waals surface area (Å²) >= 11 is 0. The topological polar surface area (TPSA) is 14.2 Å². The van der Waals surface area contributed by atoms with Gasteiger partial charge >= 0.3 is 0 Å². The lowest BCUT2D eigenvalue weighted by molar-refractivity contribution is -0.689. The van der Waals surface area contributed by atoms with Crippen molar-refractivity contribution in [3.8, 4) is 0 Å². The lowest BCUT2D eigenvalue weighted by Crippen LogP contribution is -2.34. The van der Waals surface area contributed by atoms with Gasteiger partial charge in [-0.1, -0.05) is 72.8 Å². The van der Waals surface area contributed by atoms with Crippen molar-refractivity contribution < 1.29 is 9.13 Å². The van der Waals surface area contributed by atoms with Crippen LogP contribution in [0.1, 0.15) is 71.9 Å². The Hall–Kier alpha value is -4.96. The molecule has 0 unspecified atom stereocenters. The predicted octanol–water partition coefficient (Wildman–Crippen LogP) is 8.68. The summed E-state index contributed by atoms with van der Waals surface area (Å²) < 4.78 is 4.48. The largest absolute Gasteiger partial charge is 0.372 e. The van der Waals surface area contributed by atoms with Crippen molar-refractivity contribution in [3.63, 3.8) is 0 Å². The normalized spacial score (nSPS) is 15.4. The minimum atomic E-state index is 0.859. The molecule has 3 aromatic carbocycles. The van der Waals surface area contributed by atoms with Gasteiger partial charge in [0.05, 0.1) is 0 Å². The van der Waals surface area contributed by atoms with Crippen molar-refractivity contribution in [2.75, 3.05) is 36.0 Å². The summed E-state index contributed by atoms with van der Waals surface area (Å²) in [6.45, 7) is 6.46. The maximum atomic E-state index is 2.51. The number of hydrogen-bond donors (Lipinski definition) is 0. The number of anilines is 2. The van der Waals surface area contributed by atoms with Gasteiger partial charge in [-0.3, -0.25) is 0 Å². The third-order valence-corrected chi connectivity index (χ3v) is 9.75. The number of rotatable bonds is 10. The molecule has 0 spiro atoms. The highest BCUT2D eigenvalue weighted by Gasteiger charge is 2.12. The van der Waals surface area contributed by atoms with Crippen molar-refractivity contribution in [1.29, 1.82) is 0 Å². The van der Waals surface area contributed by atoms with E-state index < -0.39 is 0 Å². The molecule has 4 heteroatoms. The van der Waals surface area contributed by atoms with Crippen LogP contribution in [0.2, 0.25) is 0 Å². The molecular formula is C44H48N4+2. The van der Waals surface area contributed by atoms with E-state index in [0.717, 1.165) is 13.1 Å². The van der Waals surface area contributed by atoms with Crippen molar-refractivity contribution >= 4 is 35.7 Å². The van der Waals surface area contributed by atoms with Crippen LogP contribution in [0.4, 0.5) is 11.4 Å². The summed E-state index contributed by atoms with van der Waals surface area (Å²) in [6.07, 6.45) is 25.5. The highest BCUT2D eigenvalue weighted by molar-refractivity contribution is 5.71. The molecule has 0 N–H and O–H groups in total. The second kappa shape index (κ2) is 15.8. The third-order valence-electron chi connectivity index (χ3n) is 9.75. The zero-order valence-electron chi connectivity index (χ0n) is 28.1. The number of benzene rings is 3. The van der Waals surface area contributed by atoms with E-state index in [4.69, 9.17) is 0 Å². The summed E-state index contributed by atoms with van der Waals surface area (Å²) in [4.78, 5) is 5.01. The van der Waals surface area contributed by atoms with Gasteiger partial charge in [0.25, 0.3) is 0 Å². The highest BCUT2D eigenvalue weighted by atomic mass is 15.1. The molecule has 0 bridgehead atoms. The fourth-order valence-electron chi connectivity index (χ4n) is 6.82. The Labute approximate surface area is 286 Å². The van der Waals surface area contributed by atoms with E-state index in [-0.39, 0.29) is 0 Å². The van der Waals surface area contributed by atoms with E-state index in [2.05, 4.69) is 165 Å². The first-order valence-electron chi connectivity index (χ1n) is 17.9. The summed E-state index contributed by atoms with van der Waals surface area (Å²) in [5, 5.41) is 0. The van der Waals surface area contributed by atoms with E-state index in [1.54, 1.807) is 0 Å². The average Bonchev–Trinajstić information content (AvgIpc) is 3.16. The van der Waals surface area contributed by atoms with Crippen molar-refractivity contribution in [1.82, 2.24) is 0 Å². The van der Waals surface area contributed by atoms with E-state index in [9.17, 15) is 0 Å². The first-order chi connectivity index (χ1) is 23.7. The molecule has 7 rings (SSSR count). The Balaban J connectivity index is 0.876. The smallest absolute Gasteiger partial charge is 0.173 e. The number of aromatic nitrogens is 2. The molecule has 0 atom stereocenters. The fourth-order valence-corrected chi connectivity index (χ4v) is 6.82. The van der Waals surface area contributed by atoms with Crippen molar-refractivity contribution in [2.45, 2.75) is 51.6 Å². The van der Waals surface area contributed by atoms with E-state index in [1.165, 1.54) is 109 Å². The lowest BCUT2D eigenvalue weighted by Gasteiger charge is -2.28.